The van der Waals surface area contributed by atoms with E-state index in [-0.39, 0.29) is 0 Å². The number of amides is 3. The van der Waals surface area contributed by atoms with Crippen molar-refractivity contribution in [2.45, 2.75) is 17.3 Å². The van der Waals surface area contributed by atoms with Crippen LogP contribution in [-0.2, 0) is 4.79 Å². The van der Waals surface area contributed by atoms with Gasteiger partial charge in [-0.05, 0) is 19.1 Å². The molecule has 0 aliphatic rings. The quantitative estimate of drug-likeness (QED) is 0.608. The molecule has 3 aromatic rings. The molecule has 0 saturated carbocycles. The van der Waals surface area contributed by atoms with Crippen LogP contribution in [0.1, 0.15) is 6.92 Å². The summed E-state index contributed by atoms with van der Waals surface area (Å²) in [4.78, 5) is 28.3. The van der Waals surface area contributed by atoms with Crippen molar-refractivity contribution in [3.8, 4) is 22.7 Å². The SMILES string of the molecule is CNC(=O)NC(=O)[C@@H](C)Sc1ncc(-c2ccccc2)n1-c1ccccc1OC. The van der Waals surface area contributed by atoms with E-state index in [9.17, 15) is 9.59 Å². The average Bonchev–Trinajstić information content (AvgIpc) is 3.17. The van der Waals surface area contributed by atoms with Crippen molar-refractivity contribution in [3.05, 3.63) is 60.8 Å². The molecule has 0 aliphatic heterocycles. The van der Waals surface area contributed by atoms with Gasteiger partial charge in [-0.15, -0.1) is 0 Å². The first-order chi connectivity index (χ1) is 14.0. The van der Waals surface area contributed by atoms with E-state index in [2.05, 4.69) is 15.6 Å². The lowest BCUT2D eigenvalue weighted by atomic mass is 10.1. The number of hydrogen-bond acceptors (Lipinski definition) is 5. The van der Waals surface area contributed by atoms with Crippen LogP contribution in [0.4, 0.5) is 4.79 Å². The van der Waals surface area contributed by atoms with Crippen LogP contribution in [0.5, 0.6) is 5.75 Å². The van der Waals surface area contributed by atoms with E-state index >= 15 is 0 Å². The van der Waals surface area contributed by atoms with Gasteiger partial charge in [0.25, 0.3) is 0 Å². The minimum Gasteiger partial charge on any atom is -0.495 e. The molecule has 150 valence electrons. The summed E-state index contributed by atoms with van der Waals surface area (Å²) in [6.45, 7) is 1.73. The van der Waals surface area contributed by atoms with Gasteiger partial charge in [0.1, 0.15) is 5.75 Å². The number of rotatable bonds is 6. The fourth-order valence-electron chi connectivity index (χ4n) is 2.77. The van der Waals surface area contributed by atoms with Crippen molar-refractivity contribution < 1.29 is 14.3 Å². The molecule has 8 heteroatoms. The first-order valence-electron chi connectivity index (χ1n) is 9.01. The number of urea groups is 1. The Morgan fingerprint density at radius 3 is 2.48 bits per heavy atom. The van der Waals surface area contributed by atoms with Gasteiger partial charge in [-0.25, -0.2) is 9.78 Å². The number of para-hydroxylation sites is 2. The van der Waals surface area contributed by atoms with E-state index in [0.717, 1.165) is 16.9 Å². The second kappa shape index (κ2) is 9.29. The molecule has 0 saturated heterocycles. The maximum Gasteiger partial charge on any atom is 0.321 e. The fourth-order valence-corrected chi connectivity index (χ4v) is 3.66. The third kappa shape index (κ3) is 4.60. The molecule has 3 rings (SSSR count). The molecule has 29 heavy (non-hydrogen) atoms. The molecule has 7 nitrogen and oxygen atoms in total. The summed E-state index contributed by atoms with van der Waals surface area (Å²) < 4.78 is 7.51. The Hall–Kier alpha value is -3.26. The number of nitrogens with one attached hydrogen (secondary N) is 2. The second-order valence-corrected chi connectivity index (χ2v) is 7.44. The molecule has 0 unspecified atom stereocenters. The number of imidazole rings is 1. The summed E-state index contributed by atoms with van der Waals surface area (Å²) >= 11 is 1.26. The van der Waals surface area contributed by atoms with Crippen molar-refractivity contribution in [2.75, 3.05) is 14.2 Å². The first-order valence-corrected chi connectivity index (χ1v) is 9.89. The Kier molecular flexibility index (Phi) is 6.56. The highest BCUT2D eigenvalue weighted by molar-refractivity contribution is 8.00. The maximum atomic E-state index is 12.3. The normalized spacial score (nSPS) is 11.6. The van der Waals surface area contributed by atoms with Gasteiger partial charge in [0, 0.05) is 12.6 Å². The van der Waals surface area contributed by atoms with E-state index in [1.807, 2.05) is 59.2 Å². The molecular formula is C21H22N4O3S. The smallest absolute Gasteiger partial charge is 0.321 e. The van der Waals surface area contributed by atoms with Gasteiger partial charge < -0.3 is 10.1 Å². The summed E-state index contributed by atoms with van der Waals surface area (Å²) in [5, 5.41) is 4.76. The molecule has 1 aromatic heterocycles. The maximum absolute atomic E-state index is 12.3. The molecule has 3 amide bonds. The lowest BCUT2D eigenvalue weighted by Crippen LogP contribution is -2.41. The largest absolute Gasteiger partial charge is 0.495 e. The van der Waals surface area contributed by atoms with Gasteiger partial charge >= 0.3 is 6.03 Å². The van der Waals surface area contributed by atoms with E-state index in [0.29, 0.717) is 10.9 Å². The summed E-state index contributed by atoms with van der Waals surface area (Å²) in [5.74, 6) is 0.289. The number of aromatic nitrogens is 2. The van der Waals surface area contributed by atoms with Gasteiger partial charge in [-0.3, -0.25) is 14.7 Å². The van der Waals surface area contributed by atoms with E-state index in [1.54, 1.807) is 20.2 Å². The van der Waals surface area contributed by atoms with Crippen LogP contribution in [0.25, 0.3) is 16.9 Å². The number of carbonyl (C=O) groups is 2. The molecule has 2 aromatic carbocycles. The number of nitrogens with zero attached hydrogens (tertiary/aromatic N) is 2. The molecule has 2 N–H and O–H groups in total. The Morgan fingerprint density at radius 1 is 1.10 bits per heavy atom. The third-order valence-electron chi connectivity index (χ3n) is 4.24. The van der Waals surface area contributed by atoms with Gasteiger partial charge in [0.2, 0.25) is 5.91 Å². The molecular weight excluding hydrogens is 388 g/mol. The number of ether oxygens (including phenoxy) is 1. The third-order valence-corrected chi connectivity index (χ3v) is 5.31. The van der Waals surface area contributed by atoms with E-state index in [4.69, 9.17) is 4.74 Å². The zero-order valence-electron chi connectivity index (χ0n) is 16.4. The van der Waals surface area contributed by atoms with Crippen molar-refractivity contribution >= 4 is 23.7 Å². The van der Waals surface area contributed by atoms with Crippen molar-refractivity contribution in [3.63, 3.8) is 0 Å². The molecule has 0 radical (unpaired) electrons. The van der Waals surface area contributed by atoms with Gasteiger partial charge in [-0.2, -0.15) is 0 Å². The zero-order chi connectivity index (χ0) is 20.8. The van der Waals surface area contributed by atoms with Crippen LogP contribution in [0.3, 0.4) is 0 Å². The highest BCUT2D eigenvalue weighted by atomic mass is 32.2. The minimum absolute atomic E-state index is 0.398. The molecule has 0 bridgehead atoms. The monoisotopic (exact) mass is 410 g/mol. The van der Waals surface area contributed by atoms with Crippen LogP contribution < -0.4 is 15.4 Å². The highest BCUT2D eigenvalue weighted by Gasteiger charge is 2.22. The lowest BCUT2D eigenvalue weighted by molar-refractivity contribution is -0.119. The predicted octanol–water partition coefficient (Wildman–Crippen LogP) is 3.48. The summed E-state index contributed by atoms with van der Waals surface area (Å²) in [7, 11) is 3.07. The molecule has 1 atom stereocenters. The second-order valence-electron chi connectivity index (χ2n) is 6.13. The van der Waals surface area contributed by atoms with Gasteiger partial charge in [-0.1, -0.05) is 54.2 Å². The standard InChI is InChI=1S/C21H22N4O3S/c1-14(19(26)24-20(27)22-2)29-21-23-13-17(15-9-5-4-6-10-15)25(21)16-11-7-8-12-18(16)28-3/h4-14H,1-3H3,(H2,22,24,26,27)/t14-/m1/s1. The topological polar surface area (TPSA) is 85.3 Å². The molecule has 0 spiro atoms. The van der Waals surface area contributed by atoms with Crippen LogP contribution in [0.15, 0.2) is 66.0 Å². The number of carbonyl (C=O) groups excluding carboxylic acids is 2. The highest BCUT2D eigenvalue weighted by Crippen LogP contribution is 2.35. The number of methoxy groups -OCH3 is 1. The summed E-state index contributed by atoms with van der Waals surface area (Å²) in [5.41, 5.74) is 2.67. The average molecular weight is 410 g/mol. The number of benzene rings is 2. The fraction of sp³-hybridized carbons (Fsp3) is 0.190. The Morgan fingerprint density at radius 2 is 1.79 bits per heavy atom. The van der Waals surface area contributed by atoms with Gasteiger partial charge in [0.05, 0.1) is 29.9 Å². The minimum atomic E-state index is -0.541. The molecule has 0 aliphatic carbocycles. The van der Waals surface area contributed by atoms with Crippen molar-refractivity contribution in [2.24, 2.45) is 0 Å². The van der Waals surface area contributed by atoms with E-state index < -0.39 is 17.2 Å². The molecule has 0 fully saturated rings. The first kappa shape index (κ1) is 20.5. The Bertz CT molecular complexity index is 1000. The van der Waals surface area contributed by atoms with Gasteiger partial charge in [0.15, 0.2) is 5.16 Å². The van der Waals surface area contributed by atoms with Crippen molar-refractivity contribution in [1.29, 1.82) is 0 Å². The number of thioether (sulfide) groups is 1. The lowest BCUT2D eigenvalue weighted by Gasteiger charge is -2.17. The number of imide groups is 1. The van der Waals surface area contributed by atoms with Crippen LogP contribution >= 0.6 is 11.8 Å². The summed E-state index contributed by atoms with van der Waals surface area (Å²) in [6.07, 6.45) is 1.77. The van der Waals surface area contributed by atoms with Crippen LogP contribution in [-0.4, -0.2) is 40.9 Å². The Balaban J connectivity index is 2.03. The number of hydrogen-bond donors (Lipinski definition) is 2. The predicted molar refractivity (Wildman–Crippen MR) is 113 cm³/mol. The van der Waals surface area contributed by atoms with Crippen molar-refractivity contribution in [1.82, 2.24) is 20.2 Å². The zero-order valence-corrected chi connectivity index (χ0v) is 17.2. The van der Waals surface area contributed by atoms with Crippen LogP contribution in [0.2, 0.25) is 0 Å². The summed E-state index contributed by atoms with van der Waals surface area (Å²) in [6, 6.07) is 17.0. The van der Waals surface area contributed by atoms with E-state index in [1.165, 1.54) is 18.8 Å². The molecule has 1 heterocycles. The van der Waals surface area contributed by atoms with Crippen LogP contribution in [0, 0.1) is 0 Å². The Labute approximate surface area is 173 Å².